The van der Waals surface area contributed by atoms with Crippen LogP contribution in [0.4, 0.5) is 10.2 Å². The highest BCUT2D eigenvalue weighted by molar-refractivity contribution is 6.36. The van der Waals surface area contributed by atoms with E-state index in [1.54, 1.807) is 36.6 Å². The third kappa shape index (κ3) is 5.63. The lowest BCUT2D eigenvalue weighted by atomic mass is 9.90. The number of hydrogen-bond donors (Lipinski definition) is 0. The smallest absolute Gasteiger partial charge is 0.246 e. The Hall–Kier alpha value is -4.08. The third-order valence-corrected chi connectivity index (χ3v) is 11.4. The summed E-state index contributed by atoms with van der Waals surface area (Å²) in [4.78, 5) is 28.7. The van der Waals surface area contributed by atoms with E-state index >= 15 is 4.39 Å². The van der Waals surface area contributed by atoms with Gasteiger partial charge >= 0.3 is 0 Å². The van der Waals surface area contributed by atoms with E-state index in [4.69, 9.17) is 38.0 Å². The number of nitrogens with zero attached hydrogens (tertiary/aromatic N) is 8. The van der Waals surface area contributed by atoms with Crippen molar-refractivity contribution < 1.29 is 13.9 Å². The van der Waals surface area contributed by atoms with E-state index in [1.807, 2.05) is 17.7 Å². The van der Waals surface area contributed by atoms with Gasteiger partial charge in [0, 0.05) is 66.6 Å². The monoisotopic (exact) mass is 716 g/mol. The van der Waals surface area contributed by atoms with Gasteiger partial charge in [0.2, 0.25) is 5.91 Å². The van der Waals surface area contributed by atoms with E-state index < -0.39 is 5.82 Å². The first kappa shape index (κ1) is 34.4. The SMILES string of the molecule is COC/C=C/C(=O)N1CC[C@H](n2ncc3c(N4CC(C)(N(C)C)C4)nc4c(F)c(-c5c(C)c(Cl)cc6c5C=NC6)c(Cl)cc4c32)C[C@H]1CC#N. The molecular weight excluding hydrogens is 678 g/mol. The second-order valence-electron chi connectivity index (χ2n) is 14.0. The van der Waals surface area contributed by atoms with Gasteiger partial charge in [-0.3, -0.25) is 14.5 Å². The van der Waals surface area contributed by atoms with Crippen molar-refractivity contribution in [3.63, 3.8) is 0 Å². The van der Waals surface area contributed by atoms with Gasteiger partial charge in [-0.1, -0.05) is 29.3 Å². The Bertz CT molecular complexity index is 2130. The Labute approximate surface area is 300 Å². The van der Waals surface area contributed by atoms with Crippen molar-refractivity contribution in [1.82, 2.24) is 24.6 Å². The first-order valence-electron chi connectivity index (χ1n) is 16.7. The number of anilines is 1. The molecule has 0 saturated carbocycles. The number of pyridine rings is 1. The quantitative estimate of drug-likeness (QED) is 0.187. The Kier molecular flexibility index (Phi) is 9.10. The number of likely N-dealkylation sites (tertiary alicyclic amines) is 1. The molecular formula is C37H39Cl2FN8O2. The molecule has 2 saturated heterocycles. The first-order chi connectivity index (χ1) is 24.0. The molecule has 0 bridgehead atoms. The maximum Gasteiger partial charge on any atom is 0.246 e. The van der Waals surface area contributed by atoms with Crippen molar-refractivity contribution in [3.05, 3.63) is 63.0 Å². The summed E-state index contributed by atoms with van der Waals surface area (Å²) < 4.78 is 24.3. The lowest BCUT2D eigenvalue weighted by Crippen LogP contribution is -2.67. The number of methoxy groups -OCH3 is 1. The maximum absolute atomic E-state index is 17.3. The minimum Gasteiger partial charge on any atom is -0.381 e. The van der Waals surface area contributed by atoms with Crippen LogP contribution in [0.3, 0.4) is 0 Å². The van der Waals surface area contributed by atoms with E-state index in [2.05, 4.69) is 41.9 Å². The zero-order valence-electron chi connectivity index (χ0n) is 28.8. The van der Waals surface area contributed by atoms with Crippen molar-refractivity contribution in [1.29, 1.82) is 5.26 Å². The van der Waals surface area contributed by atoms with Crippen LogP contribution in [0.5, 0.6) is 0 Å². The number of hydrogen-bond acceptors (Lipinski definition) is 8. The lowest BCUT2D eigenvalue weighted by molar-refractivity contribution is -0.130. The highest BCUT2D eigenvalue weighted by Gasteiger charge is 2.43. The Morgan fingerprint density at radius 1 is 1.22 bits per heavy atom. The standard InChI is InChI=1S/C37H39Cl2FN8O2/c1-21-28(38)13-22-16-42-17-26(22)31(21)32-29(39)15-25-34(33(32)40)44-36(46-19-37(2,20-46)45(3)4)27-18-43-48(35(25)27)24-9-11-47(23(14-24)8-10-41)30(49)7-6-12-50-5/h6-7,13,15,17-18,23-24H,8-9,11-12,14,16,19-20H2,1-5H3/b7-6+/t23-,24+/m1/s1. The molecule has 4 aromatic rings. The van der Waals surface area contributed by atoms with Crippen LogP contribution in [0.25, 0.3) is 32.9 Å². The molecule has 1 amide bonds. The van der Waals surface area contributed by atoms with E-state index in [9.17, 15) is 10.1 Å². The molecule has 0 N–H and O–H groups in total. The Morgan fingerprint density at radius 2 is 2.00 bits per heavy atom. The molecule has 0 unspecified atom stereocenters. The number of piperidine rings is 1. The van der Waals surface area contributed by atoms with Crippen LogP contribution in [-0.2, 0) is 16.1 Å². The van der Waals surface area contributed by atoms with Gasteiger partial charge < -0.3 is 19.4 Å². The van der Waals surface area contributed by atoms with Gasteiger partial charge in [-0.05, 0) is 69.6 Å². The lowest BCUT2D eigenvalue weighted by Gasteiger charge is -2.52. The number of nitriles is 1. The Balaban J connectivity index is 1.39. The highest BCUT2D eigenvalue weighted by atomic mass is 35.5. The summed E-state index contributed by atoms with van der Waals surface area (Å²) in [6, 6.07) is 5.46. The van der Waals surface area contributed by atoms with E-state index in [0.717, 1.165) is 27.6 Å². The summed E-state index contributed by atoms with van der Waals surface area (Å²) in [5.74, 6) is -0.0268. The largest absolute Gasteiger partial charge is 0.381 e. The molecule has 0 radical (unpaired) electrons. The summed E-state index contributed by atoms with van der Waals surface area (Å²) in [6.45, 7) is 6.72. The molecule has 3 aliphatic rings. The van der Waals surface area contributed by atoms with Crippen molar-refractivity contribution >= 4 is 62.9 Å². The molecule has 2 aromatic heterocycles. The number of rotatable bonds is 8. The zero-order chi connectivity index (χ0) is 35.5. The second-order valence-corrected chi connectivity index (χ2v) is 14.8. The van der Waals surface area contributed by atoms with Crippen LogP contribution in [0.15, 0.2) is 35.5 Å². The van der Waals surface area contributed by atoms with E-state index in [1.165, 1.54) is 6.08 Å². The minimum atomic E-state index is -0.530. The molecule has 260 valence electrons. The Morgan fingerprint density at radius 3 is 2.72 bits per heavy atom. The summed E-state index contributed by atoms with van der Waals surface area (Å²) >= 11 is 13.7. The number of aliphatic imine (C=N–C) groups is 1. The zero-order valence-corrected chi connectivity index (χ0v) is 30.3. The molecule has 0 aliphatic carbocycles. The number of carbonyl (C=O) groups excluding carboxylic acids is 1. The maximum atomic E-state index is 17.3. The molecule has 2 atom stereocenters. The number of ether oxygens (including phenoxy) is 1. The van der Waals surface area contributed by atoms with Gasteiger partial charge in [0.1, 0.15) is 11.3 Å². The van der Waals surface area contributed by atoms with Crippen LogP contribution < -0.4 is 4.90 Å². The van der Waals surface area contributed by atoms with Gasteiger partial charge in [-0.2, -0.15) is 10.4 Å². The summed E-state index contributed by atoms with van der Waals surface area (Å²) in [5, 5.41) is 16.7. The van der Waals surface area contributed by atoms with Gasteiger partial charge in [0.25, 0.3) is 0 Å². The number of likely N-dealkylation sites (N-methyl/N-ethyl adjacent to an activating group) is 1. The first-order valence-corrected chi connectivity index (χ1v) is 17.5. The molecule has 2 aromatic carbocycles. The minimum absolute atomic E-state index is 0.0674. The molecule has 0 spiro atoms. The molecule has 50 heavy (non-hydrogen) atoms. The number of halogens is 3. The second kappa shape index (κ2) is 13.2. The van der Waals surface area contributed by atoms with Crippen LogP contribution in [-0.4, -0.2) is 95.7 Å². The van der Waals surface area contributed by atoms with Crippen molar-refractivity contribution in [2.45, 2.75) is 57.3 Å². The van der Waals surface area contributed by atoms with E-state index in [0.29, 0.717) is 67.4 Å². The molecule has 5 heterocycles. The average Bonchev–Trinajstić information content (AvgIpc) is 3.73. The highest BCUT2D eigenvalue weighted by Crippen LogP contribution is 2.46. The van der Waals surface area contributed by atoms with Gasteiger partial charge in [0.15, 0.2) is 5.82 Å². The van der Waals surface area contributed by atoms with Crippen molar-refractivity contribution in [2.75, 3.05) is 52.3 Å². The van der Waals surface area contributed by atoms with Crippen LogP contribution in [0.1, 0.15) is 48.9 Å². The average molecular weight is 718 g/mol. The molecule has 2 fully saturated rings. The predicted octanol–water partition coefficient (Wildman–Crippen LogP) is 6.73. The fourth-order valence-electron chi connectivity index (χ4n) is 7.65. The number of fused-ring (bicyclic) bond motifs is 4. The fourth-order valence-corrected chi connectivity index (χ4v) is 8.17. The van der Waals surface area contributed by atoms with Gasteiger partial charge in [0.05, 0.1) is 59.3 Å². The molecule has 3 aliphatic heterocycles. The van der Waals surface area contributed by atoms with Crippen LogP contribution in [0.2, 0.25) is 10.0 Å². The van der Waals surface area contributed by atoms with Crippen LogP contribution >= 0.6 is 23.2 Å². The van der Waals surface area contributed by atoms with E-state index in [-0.39, 0.29) is 46.1 Å². The number of benzene rings is 2. The molecule has 10 nitrogen and oxygen atoms in total. The van der Waals surface area contributed by atoms with Gasteiger partial charge in [-0.15, -0.1) is 0 Å². The summed E-state index contributed by atoms with van der Waals surface area (Å²) in [7, 11) is 5.69. The predicted molar refractivity (Wildman–Crippen MR) is 196 cm³/mol. The van der Waals surface area contributed by atoms with Crippen molar-refractivity contribution in [2.24, 2.45) is 4.99 Å². The topological polar surface area (TPSA) is 103 Å². The normalized spacial score (nSPS) is 19.9. The number of amides is 1. The molecule has 13 heteroatoms. The van der Waals surface area contributed by atoms with Crippen molar-refractivity contribution in [3.8, 4) is 17.2 Å². The summed E-state index contributed by atoms with van der Waals surface area (Å²) in [6.07, 6.45) is 8.04. The number of carbonyl (C=O) groups is 1. The fraction of sp³-hybridized carbons (Fsp3) is 0.432. The third-order valence-electron chi connectivity index (χ3n) is 10.7. The van der Waals surface area contributed by atoms with Crippen LogP contribution in [0, 0.1) is 24.1 Å². The molecule has 7 rings (SSSR count). The van der Waals surface area contributed by atoms with Gasteiger partial charge in [-0.25, -0.2) is 9.37 Å². The number of aromatic nitrogens is 3. The summed E-state index contributed by atoms with van der Waals surface area (Å²) in [5.41, 5.74) is 4.17.